The van der Waals surface area contributed by atoms with Gasteiger partial charge in [-0.15, -0.1) is 0 Å². The first-order valence-electron chi connectivity index (χ1n) is 21.3. The number of aliphatic imine (C=N–C) groups is 2. The Labute approximate surface area is 353 Å². The van der Waals surface area contributed by atoms with Gasteiger partial charge in [-0.25, -0.2) is 4.99 Å². The van der Waals surface area contributed by atoms with E-state index in [1.165, 1.54) is 49.1 Å². The molecule has 1 unspecified atom stereocenters. The molecule has 0 saturated carbocycles. The number of furan rings is 1. The van der Waals surface area contributed by atoms with Crippen LogP contribution in [-0.4, -0.2) is 16.1 Å². The maximum absolute atomic E-state index is 6.90. The number of rotatable bonds is 5. The number of amidine groups is 1. The molecular weight excluding hydrogens is 743 g/mol. The van der Waals surface area contributed by atoms with E-state index in [2.05, 4.69) is 206 Å². The van der Waals surface area contributed by atoms with Crippen molar-refractivity contribution in [1.29, 1.82) is 0 Å². The largest absolute Gasteiger partial charge is 0.456 e. The van der Waals surface area contributed by atoms with Gasteiger partial charge in [-0.05, 0) is 93.4 Å². The lowest BCUT2D eigenvalue weighted by Crippen LogP contribution is -2.18. The minimum absolute atomic E-state index is 0.160. The van der Waals surface area contributed by atoms with Crippen molar-refractivity contribution in [1.82, 2.24) is 4.57 Å². The fourth-order valence-corrected chi connectivity index (χ4v) is 9.73. The van der Waals surface area contributed by atoms with Crippen LogP contribution in [-0.2, 0) is 0 Å². The molecule has 9 aromatic carbocycles. The zero-order chi connectivity index (χ0) is 40.4. The van der Waals surface area contributed by atoms with E-state index in [0.29, 0.717) is 0 Å². The highest BCUT2D eigenvalue weighted by atomic mass is 16.3. The quantitative estimate of drug-likeness (QED) is 0.171. The first-order chi connectivity index (χ1) is 30.1. The number of para-hydroxylation sites is 2. The molecule has 2 atom stereocenters. The van der Waals surface area contributed by atoms with E-state index in [9.17, 15) is 0 Å². The van der Waals surface area contributed by atoms with E-state index in [1.54, 1.807) is 0 Å². The molecule has 4 heteroatoms. The van der Waals surface area contributed by atoms with Crippen LogP contribution in [0.2, 0.25) is 0 Å². The van der Waals surface area contributed by atoms with E-state index in [0.717, 1.165) is 74.1 Å². The van der Waals surface area contributed by atoms with Crippen LogP contribution in [0.15, 0.2) is 209 Å². The van der Waals surface area contributed by atoms with Crippen LogP contribution in [0, 0.1) is 5.92 Å². The number of fused-ring (bicyclic) bond motifs is 8. The second-order valence-electron chi connectivity index (χ2n) is 16.5. The third-order valence-electron chi connectivity index (χ3n) is 12.8. The molecule has 0 aliphatic carbocycles. The Morgan fingerprint density at radius 2 is 1.16 bits per heavy atom. The Morgan fingerprint density at radius 3 is 2.00 bits per heavy atom. The van der Waals surface area contributed by atoms with Crippen LogP contribution in [0.25, 0.3) is 82.1 Å². The molecule has 0 amide bonds. The van der Waals surface area contributed by atoms with E-state index < -0.39 is 0 Å². The van der Waals surface area contributed by atoms with Crippen LogP contribution in [0.4, 0.5) is 0 Å². The van der Waals surface area contributed by atoms with Crippen LogP contribution in [0.1, 0.15) is 42.5 Å². The summed E-state index contributed by atoms with van der Waals surface area (Å²) in [6, 6.07) is 69.5. The minimum Gasteiger partial charge on any atom is -0.456 e. The predicted octanol–water partition coefficient (Wildman–Crippen LogP) is 15.1. The van der Waals surface area contributed by atoms with Gasteiger partial charge in [-0.3, -0.25) is 4.99 Å². The summed E-state index contributed by atoms with van der Waals surface area (Å²) < 4.78 is 9.34. The molecule has 0 N–H and O–H groups in total. The van der Waals surface area contributed by atoms with E-state index in [4.69, 9.17) is 14.4 Å². The molecule has 61 heavy (non-hydrogen) atoms. The lowest BCUT2D eigenvalue weighted by molar-refractivity contribution is 0.444. The zero-order valence-electron chi connectivity index (χ0n) is 33.8. The average Bonchev–Trinajstić information content (AvgIpc) is 3.85. The minimum atomic E-state index is -0.239. The number of hydrogen-bond acceptors (Lipinski definition) is 3. The summed E-state index contributed by atoms with van der Waals surface area (Å²) in [5.74, 6) is 0.904. The predicted molar refractivity (Wildman–Crippen MR) is 256 cm³/mol. The standard InChI is InChI=1S/C57H41N3O/c1-36-26-31-51(40-29-27-38(28-30-40)37-14-3-2-4-15-37)58-57(47-23-13-19-39-16-7-8-20-44(39)47)59-55(36)50-35-43(34-49-46-22-10-12-25-54(46)61-56(49)50)60-52-24-11-9-21-45(52)48-32-41-17-5-6-18-42(41)33-53(48)60/h2-25,27-30,32-36,55H,26,31H2,1H3/b58-51+,59-57-/t36-,55?/m1/s1. The van der Waals surface area contributed by atoms with Crippen LogP contribution < -0.4 is 0 Å². The second-order valence-corrected chi connectivity index (χ2v) is 16.5. The van der Waals surface area contributed by atoms with Crippen molar-refractivity contribution in [2.24, 2.45) is 15.9 Å². The van der Waals surface area contributed by atoms with Crippen molar-refractivity contribution in [3.63, 3.8) is 0 Å². The van der Waals surface area contributed by atoms with Crippen molar-refractivity contribution in [3.8, 4) is 16.8 Å². The van der Waals surface area contributed by atoms with E-state index in [-0.39, 0.29) is 12.0 Å². The maximum Gasteiger partial charge on any atom is 0.156 e. The van der Waals surface area contributed by atoms with Gasteiger partial charge in [0, 0.05) is 38.4 Å². The zero-order valence-corrected chi connectivity index (χ0v) is 33.8. The average molecular weight is 784 g/mol. The fraction of sp³-hybridized carbons (Fsp3) is 0.0877. The van der Waals surface area contributed by atoms with Crippen LogP contribution in [0.5, 0.6) is 0 Å². The molecule has 0 bridgehead atoms. The molecule has 0 spiro atoms. The van der Waals surface area contributed by atoms with Gasteiger partial charge in [0.15, 0.2) is 5.84 Å². The summed E-state index contributed by atoms with van der Waals surface area (Å²) in [5, 5.41) is 9.42. The second kappa shape index (κ2) is 14.3. The van der Waals surface area contributed by atoms with Gasteiger partial charge in [0.2, 0.25) is 0 Å². The SMILES string of the molecule is C[C@@H]1CC/C(c2ccc(-c3ccccc3)cc2)=N\C(c2cccc3ccccc23)=N/C1c1cc(-n2c3ccccc3c3cc4ccccc4cc32)cc2c1oc1ccccc12. The van der Waals surface area contributed by atoms with E-state index in [1.807, 2.05) is 0 Å². The summed E-state index contributed by atoms with van der Waals surface area (Å²) in [4.78, 5) is 11.4. The van der Waals surface area contributed by atoms with Crippen molar-refractivity contribution in [3.05, 3.63) is 211 Å². The highest BCUT2D eigenvalue weighted by molar-refractivity contribution is 6.18. The normalized spacial score (nSPS) is 17.7. The molecule has 3 heterocycles. The topological polar surface area (TPSA) is 42.8 Å². The first-order valence-corrected chi connectivity index (χ1v) is 21.3. The molecule has 11 aromatic rings. The van der Waals surface area contributed by atoms with E-state index >= 15 is 0 Å². The molecule has 2 aromatic heterocycles. The summed E-state index contributed by atoms with van der Waals surface area (Å²) in [6.45, 7) is 2.35. The highest BCUT2D eigenvalue weighted by Gasteiger charge is 2.29. The lowest BCUT2D eigenvalue weighted by atomic mass is 9.87. The Hall–Kier alpha value is -7.56. The Balaban J connectivity index is 1.11. The van der Waals surface area contributed by atoms with Crippen molar-refractivity contribution >= 4 is 76.8 Å². The molecule has 0 radical (unpaired) electrons. The van der Waals surface area contributed by atoms with Crippen molar-refractivity contribution < 1.29 is 4.42 Å². The molecule has 0 saturated heterocycles. The van der Waals surface area contributed by atoms with Crippen LogP contribution >= 0.6 is 0 Å². The van der Waals surface area contributed by atoms with Crippen molar-refractivity contribution in [2.45, 2.75) is 25.8 Å². The molecule has 0 fully saturated rings. The smallest absolute Gasteiger partial charge is 0.156 e. The van der Waals surface area contributed by atoms with Gasteiger partial charge in [0.1, 0.15) is 11.2 Å². The molecule has 4 nitrogen and oxygen atoms in total. The molecular formula is C57H41N3O. The monoisotopic (exact) mass is 783 g/mol. The fourth-order valence-electron chi connectivity index (χ4n) is 9.73. The Bertz CT molecular complexity index is 3550. The number of nitrogens with zero attached hydrogens (tertiary/aromatic N) is 3. The van der Waals surface area contributed by atoms with Crippen molar-refractivity contribution in [2.75, 3.05) is 0 Å². The van der Waals surface area contributed by atoms with Gasteiger partial charge < -0.3 is 8.98 Å². The Morgan fingerprint density at radius 1 is 0.508 bits per heavy atom. The summed E-state index contributed by atoms with van der Waals surface area (Å²) in [6.07, 6.45) is 1.72. The third kappa shape index (κ3) is 5.97. The van der Waals surface area contributed by atoms with Gasteiger partial charge in [-0.1, -0.05) is 165 Å². The lowest BCUT2D eigenvalue weighted by Gasteiger charge is -2.26. The number of hydrogen-bond donors (Lipinski definition) is 0. The summed E-state index contributed by atoms with van der Waals surface area (Å²) in [5.41, 5.74) is 11.9. The summed E-state index contributed by atoms with van der Waals surface area (Å²) in [7, 11) is 0. The molecule has 1 aliphatic heterocycles. The molecule has 290 valence electrons. The van der Waals surface area contributed by atoms with Gasteiger partial charge in [-0.2, -0.15) is 0 Å². The molecule has 1 aliphatic rings. The highest BCUT2D eigenvalue weighted by Crippen LogP contribution is 2.43. The molecule has 12 rings (SSSR count). The van der Waals surface area contributed by atoms with Gasteiger partial charge >= 0.3 is 0 Å². The van der Waals surface area contributed by atoms with Crippen LogP contribution in [0.3, 0.4) is 0 Å². The number of aromatic nitrogens is 1. The van der Waals surface area contributed by atoms with Gasteiger partial charge in [0.05, 0.1) is 22.8 Å². The summed E-state index contributed by atoms with van der Waals surface area (Å²) >= 11 is 0. The van der Waals surface area contributed by atoms with Gasteiger partial charge in [0.25, 0.3) is 0 Å². The number of benzene rings is 9. The third-order valence-corrected chi connectivity index (χ3v) is 12.8. The maximum atomic E-state index is 6.90. The Kier molecular flexibility index (Phi) is 8.31. The first kappa shape index (κ1) is 35.4.